The smallest absolute Gasteiger partial charge is 0.123 e. The maximum Gasteiger partial charge on any atom is 0.123 e. The van der Waals surface area contributed by atoms with E-state index in [0.29, 0.717) is 16.8 Å². The van der Waals surface area contributed by atoms with E-state index in [1.807, 2.05) is 6.92 Å². The van der Waals surface area contributed by atoms with E-state index in [9.17, 15) is 4.39 Å². The van der Waals surface area contributed by atoms with E-state index in [0.717, 1.165) is 12.0 Å². The molecule has 0 bridgehead atoms. The maximum absolute atomic E-state index is 12.8. The second-order valence-corrected chi connectivity index (χ2v) is 3.92. The van der Waals surface area contributed by atoms with Crippen LogP contribution >= 0.6 is 23.2 Å². The summed E-state index contributed by atoms with van der Waals surface area (Å²) in [6, 6.07) is 4.40. The fourth-order valence-electron chi connectivity index (χ4n) is 1.13. The lowest BCUT2D eigenvalue weighted by Crippen LogP contribution is -2.01. The van der Waals surface area contributed by atoms with Gasteiger partial charge < -0.3 is 0 Å². The molecule has 1 unspecified atom stereocenters. The maximum atomic E-state index is 12.8. The van der Waals surface area contributed by atoms with Crippen LogP contribution in [0.2, 0.25) is 5.02 Å². The lowest BCUT2D eigenvalue weighted by Gasteiger charge is -2.08. The molecule has 0 aliphatic rings. The van der Waals surface area contributed by atoms with Gasteiger partial charge in [-0.25, -0.2) is 4.39 Å². The summed E-state index contributed by atoms with van der Waals surface area (Å²) in [5, 5.41) is 0.610. The molecule has 1 aromatic carbocycles. The summed E-state index contributed by atoms with van der Waals surface area (Å²) < 4.78 is 12.8. The number of alkyl halides is 1. The Balaban J connectivity index is 2.81. The second-order valence-electron chi connectivity index (χ2n) is 3.20. The van der Waals surface area contributed by atoms with E-state index >= 15 is 0 Å². The van der Waals surface area contributed by atoms with Crippen molar-refractivity contribution in [3.63, 3.8) is 0 Å². The quantitative estimate of drug-likeness (QED) is 0.679. The SMILES string of the molecule is CC(CCl)Cc1cc(F)ccc1Cl. The van der Waals surface area contributed by atoms with Crippen LogP contribution in [0.4, 0.5) is 4.39 Å². The first kappa shape index (κ1) is 10.8. The molecule has 0 aliphatic carbocycles. The molecule has 0 radical (unpaired) electrons. The highest BCUT2D eigenvalue weighted by Gasteiger charge is 2.06. The minimum absolute atomic E-state index is 0.249. The number of hydrogen-bond donors (Lipinski definition) is 0. The Bertz CT molecular complexity index is 286. The van der Waals surface area contributed by atoms with Gasteiger partial charge in [0.15, 0.2) is 0 Å². The van der Waals surface area contributed by atoms with Gasteiger partial charge >= 0.3 is 0 Å². The highest BCUT2D eigenvalue weighted by molar-refractivity contribution is 6.31. The van der Waals surface area contributed by atoms with E-state index in [1.165, 1.54) is 12.1 Å². The van der Waals surface area contributed by atoms with Gasteiger partial charge in [-0.2, -0.15) is 0 Å². The first-order valence-electron chi connectivity index (χ1n) is 4.13. The first-order valence-corrected chi connectivity index (χ1v) is 5.04. The predicted molar refractivity (Wildman–Crippen MR) is 55.0 cm³/mol. The Morgan fingerprint density at radius 1 is 1.46 bits per heavy atom. The van der Waals surface area contributed by atoms with Crippen molar-refractivity contribution in [1.29, 1.82) is 0 Å². The molecule has 0 amide bonds. The van der Waals surface area contributed by atoms with Crippen LogP contribution in [0.1, 0.15) is 12.5 Å². The highest BCUT2D eigenvalue weighted by Crippen LogP contribution is 2.20. The third-order valence-corrected chi connectivity index (χ3v) is 2.74. The zero-order valence-electron chi connectivity index (χ0n) is 7.36. The zero-order chi connectivity index (χ0) is 9.84. The van der Waals surface area contributed by atoms with Gasteiger partial charge in [0.25, 0.3) is 0 Å². The Kier molecular flexibility index (Phi) is 4.01. The fourth-order valence-corrected chi connectivity index (χ4v) is 1.43. The molecule has 13 heavy (non-hydrogen) atoms. The Labute approximate surface area is 87.7 Å². The van der Waals surface area contributed by atoms with Gasteiger partial charge in [-0.3, -0.25) is 0 Å². The van der Waals surface area contributed by atoms with Gasteiger partial charge in [-0.15, -0.1) is 11.6 Å². The van der Waals surface area contributed by atoms with E-state index in [1.54, 1.807) is 6.07 Å². The normalized spacial score (nSPS) is 12.9. The molecular weight excluding hydrogens is 210 g/mol. The molecule has 0 saturated carbocycles. The van der Waals surface area contributed by atoms with Gasteiger partial charge in [0.2, 0.25) is 0 Å². The van der Waals surface area contributed by atoms with Crippen LogP contribution in [0.5, 0.6) is 0 Å². The van der Waals surface area contributed by atoms with Gasteiger partial charge in [0, 0.05) is 10.9 Å². The highest BCUT2D eigenvalue weighted by atomic mass is 35.5. The number of halogens is 3. The largest absolute Gasteiger partial charge is 0.207 e. The summed E-state index contributed by atoms with van der Waals surface area (Å²) in [7, 11) is 0. The standard InChI is InChI=1S/C10H11Cl2F/c1-7(6-11)4-8-5-9(13)2-3-10(8)12/h2-3,5,7H,4,6H2,1H3. The van der Waals surface area contributed by atoms with Crippen LogP contribution in [0, 0.1) is 11.7 Å². The van der Waals surface area contributed by atoms with Crippen molar-refractivity contribution in [3.05, 3.63) is 34.6 Å². The van der Waals surface area contributed by atoms with E-state index in [4.69, 9.17) is 23.2 Å². The molecule has 1 aromatic rings. The molecule has 3 heteroatoms. The molecule has 0 aromatic heterocycles. The Morgan fingerprint density at radius 3 is 2.77 bits per heavy atom. The van der Waals surface area contributed by atoms with Crippen molar-refractivity contribution >= 4 is 23.2 Å². The lowest BCUT2D eigenvalue weighted by atomic mass is 10.0. The fraction of sp³-hybridized carbons (Fsp3) is 0.400. The summed E-state index contributed by atoms with van der Waals surface area (Å²) in [5.41, 5.74) is 0.829. The van der Waals surface area contributed by atoms with Gasteiger partial charge in [0.1, 0.15) is 5.82 Å². The third-order valence-electron chi connectivity index (χ3n) is 1.84. The van der Waals surface area contributed by atoms with E-state index in [2.05, 4.69) is 0 Å². The number of benzene rings is 1. The first-order chi connectivity index (χ1) is 6.13. The summed E-state index contributed by atoms with van der Waals surface area (Å²) in [5.74, 6) is 0.634. The average molecular weight is 221 g/mol. The van der Waals surface area contributed by atoms with Crippen molar-refractivity contribution in [1.82, 2.24) is 0 Å². The van der Waals surface area contributed by atoms with Crippen molar-refractivity contribution in [2.24, 2.45) is 5.92 Å². The molecule has 0 heterocycles. The molecule has 1 rings (SSSR count). The number of hydrogen-bond acceptors (Lipinski definition) is 0. The molecule has 72 valence electrons. The summed E-state index contributed by atoms with van der Waals surface area (Å²) in [4.78, 5) is 0. The zero-order valence-corrected chi connectivity index (χ0v) is 8.87. The van der Waals surface area contributed by atoms with E-state index in [-0.39, 0.29) is 5.82 Å². The van der Waals surface area contributed by atoms with Crippen LogP contribution < -0.4 is 0 Å². The summed E-state index contributed by atoms with van der Waals surface area (Å²) >= 11 is 11.5. The molecule has 0 aliphatic heterocycles. The molecule has 1 atom stereocenters. The number of rotatable bonds is 3. The van der Waals surface area contributed by atoms with Gasteiger partial charge in [-0.05, 0) is 36.1 Å². The van der Waals surface area contributed by atoms with Crippen molar-refractivity contribution in [2.45, 2.75) is 13.3 Å². The van der Waals surface area contributed by atoms with Crippen LogP contribution in [-0.2, 0) is 6.42 Å². The molecule has 0 N–H and O–H groups in total. The van der Waals surface area contributed by atoms with Crippen LogP contribution in [-0.4, -0.2) is 5.88 Å². The average Bonchev–Trinajstić information content (AvgIpc) is 2.11. The topological polar surface area (TPSA) is 0 Å². The van der Waals surface area contributed by atoms with Gasteiger partial charge in [0.05, 0.1) is 0 Å². The van der Waals surface area contributed by atoms with Crippen molar-refractivity contribution < 1.29 is 4.39 Å². The van der Waals surface area contributed by atoms with Crippen molar-refractivity contribution in [2.75, 3.05) is 5.88 Å². The Morgan fingerprint density at radius 2 is 2.15 bits per heavy atom. The van der Waals surface area contributed by atoms with Crippen LogP contribution in [0.15, 0.2) is 18.2 Å². The summed E-state index contributed by atoms with van der Waals surface area (Å²) in [6.07, 6.45) is 0.722. The minimum atomic E-state index is -0.249. The molecule has 0 saturated heterocycles. The molecular formula is C10H11Cl2F. The minimum Gasteiger partial charge on any atom is -0.207 e. The van der Waals surface area contributed by atoms with Crippen LogP contribution in [0.3, 0.4) is 0 Å². The summed E-state index contributed by atoms with van der Waals surface area (Å²) in [6.45, 7) is 2.01. The van der Waals surface area contributed by atoms with Crippen LogP contribution in [0.25, 0.3) is 0 Å². The molecule has 0 nitrogen and oxygen atoms in total. The van der Waals surface area contributed by atoms with Gasteiger partial charge in [-0.1, -0.05) is 18.5 Å². The predicted octanol–water partition coefficient (Wildman–Crippen LogP) is 3.90. The molecule has 0 fully saturated rings. The molecule has 0 spiro atoms. The van der Waals surface area contributed by atoms with Crippen molar-refractivity contribution in [3.8, 4) is 0 Å². The lowest BCUT2D eigenvalue weighted by molar-refractivity contribution is 0.615. The third kappa shape index (κ3) is 3.17. The Hall–Kier alpha value is -0.270. The monoisotopic (exact) mass is 220 g/mol. The van der Waals surface area contributed by atoms with E-state index < -0.39 is 0 Å². The second kappa shape index (κ2) is 4.83.